The zero-order chi connectivity index (χ0) is 8.65. The normalized spacial score (nSPS) is 11.1. The lowest BCUT2D eigenvalue weighted by Gasteiger charge is -1.97. The van der Waals surface area contributed by atoms with E-state index in [-0.39, 0.29) is 0 Å². The summed E-state index contributed by atoms with van der Waals surface area (Å²) in [4.78, 5) is 0. The molecule has 1 aromatic rings. The van der Waals surface area contributed by atoms with Crippen LogP contribution in [0.2, 0.25) is 0 Å². The molecule has 1 aromatic heterocycles. The highest BCUT2D eigenvalue weighted by molar-refractivity contribution is 7.28. The maximum Gasteiger partial charge on any atom is 0.00535 e. The van der Waals surface area contributed by atoms with Gasteiger partial charge in [0.1, 0.15) is 0 Å². The van der Waals surface area contributed by atoms with Crippen molar-refractivity contribution in [3.8, 4) is 0 Å². The van der Waals surface area contributed by atoms with Crippen LogP contribution >= 0.6 is 8.19 Å². The van der Waals surface area contributed by atoms with Crippen LogP contribution in [-0.4, -0.2) is 0 Å². The zero-order valence-electron chi connectivity index (χ0n) is 7.90. The summed E-state index contributed by atoms with van der Waals surface area (Å²) in [5, 5.41) is 0. The van der Waals surface area contributed by atoms with Gasteiger partial charge in [0.2, 0.25) is 0 Å². The third-order valence-corrected chi connectivity index (χ3v) is 2.95. The number of rotatable bonds is 6. The van der Waals surface area contributed by atoms with Gasteiger partial charge in [-0.15, -0.1) is 8.19 Å². The van der Waals surface area contributed by atoms with Gasteiger partial charge >= 0.3 is 0 Å². The average Bonchev–Trinajstić information content (AvgIpc) is 2.57. The highest BCUT2D eigenvalue weighted by atomic mass is 31.0. The highest BCUT2D eigenvalue weighted by Crippen LogP contribution is 2.13. The summed E-state index contributed by atoms with van der Waals surface area (Å²) in [6.45, 7) is 2.26. The van der Waals surface area contributed by atoms with E-state index in [1.807, 2.05) is 0 Å². The molecule has 0 spiro atoms. The second kappa shape index (κ2) is 6.31. The Morgan fingerprint density at radius 2 is 2.08 bits per heavy atom. The van der Waals surface area contributed by atoms with Crippen LogP contribution in [0.4, 0.5) is 0 Å². The molecule has 0 aliphatic rings. The molecule has 0 nitrogen and oxygen atoms in total. The van der Waals surface area contributed by atoms with E-state index in [2.05, 4.69) is 24.6 Å². The van der Waals surface area contributed by atoms with Crippen LogP contribution in [0.25, 0.3) is 0 Å². The van der Waals surface area contributed by atoms with Crippen molar-refractivity contribution in [2.45, 2.75) is 45.4 Å². The van der Waals surface area contributed by atoms with E-state index in [9.17, 15) is 0 Å². The van der Waals surface area contributed by atoms with Crippen molar-refractivity contribution in [1.82, 2.24) is 0 Å². The van der Waals surface area contributed by atoms with E-state index in [0.29, 0.717) is 0 Å². The van der Waals surface area contributed by atoms with Crippen molar-refractivity contribution in [2.24, 2.45) is 0 Å². The maximum atomic E-state index is 3.38. The Labute approximate surface area is 77.5 Å². The van der Waals surface area contributed by atoms with E-state index >= 15 is 0 Å². The Morgan fingerprint density at radius 3 is 2.75 bits per heavy atom. The van der Waals surface area contributed by atoms with Gasteiger partial charge in [-0.25, -0.2) is 0 Å². The van der Waals surface area contributed by atoms with Crippen molar-refractivity contribution in [3.05, 3.63) is 23.2 Å². The molecule has 1 unspecified atom stereocenters. The van der Waals surface area contributed by atoms with Gasteiger partial charge in [-0.2, -0.15) is 0 Å². The standard InChI is InChI=1S/C11H18P/c1-2-3-4-5-6-7-11-8-9-12-10-11/h8-9,12H,2-7H2,1H3. The van der Waals surface area contributed by atoms with Gasteiger partial charge in [0.25, 0.3) is 0 Å². The van der Waals surface area contributed by atoms with E-state index in [1.165, 1.54) is 44.1 Å². The average molecular weight is 181 g/mol. The van der Waals surface area contributed by atoms with Gasteiger partial charge in [-0.3, -0.25) is 0 Å². The molecule has 0 fully saturated rings. The second-order valence-electron chi connectivity index (χ2n) is 3.29. The quantitative estimate of drug-likeness (QED) is 0.581. The minimum absolute atomic E-state index is 0.834. The van der Waals surface area contributed by atoms with Crippen molar-refractivity contribution < 1.29 is 0 Å². The monoisotopic (exact) mass is 181 g/mol. The fourth-order valence-electron chi connectivity index (χ4n) is 1.38. The van der Waals surface area contributed by atoms with Crippen LogP contribution in [0, 0.1) is 5.80 Å². The lowest BCUT2D eigenvalue weighted by Crippen LogP contribution is -1.82. The molecule has 67 valence electrons. The predicted molar refractivity (Wildman–Crippen MR) is 57.2 cm³/mol. The third-order valence-electron chi connectivity index (χ3n) is 2.15. The van der Waals surface area contributed by atoms with Crippen LogP contribution in [0.1, 0.15) is 44.6 Å². The number of hydrogen-bond donors (Lipinski definition) is 0. The summed E-state index contributed by atoms with van der Waals surface area (Å²) in [6, 6.07) is 2.23. The van der Waals surface area contributed by atoms with E-state index in [1.54, 1.807) is 0 Å². The van der Waals surface area contributed by atoms with E-state index in [4.69, 9.17) is 0 Å². The SMILES string of the molecule is CCCCCCCc1[c][pH]cc1. The Balaban J connectivity index is 1.96. The molecule has 1 heterocycles. The van der Waals surface area contributed by atoms with Gasteiger partial charge in [0.05, 0.1) is 0 Å². The smallest absolute Gasteiger partial charge is 0.00535 e. The Hall–Kier alpha value is -0.220. The van der Waals surface area contributed by atoms with Crippen LogP contribution in [0.3, 0.4) is 0 Å². The summed E-state index contributed by atoms with van der Waals surface area (Å²) in [7, 11) is 0.834. The van der Waals surface area contributed by atoms with Crippen molar-refractivity contribution in [1.29, 1.82) is 0 Å². The first-order valence-electron chi connectivity index (χ1n) is 4.97. The molecule has 0 bridgehead atoms. The number of aryl methyl sites for hydroxylation is 1. The van der Waals surface area contributed by atoms with E-state index < -0.39 is 0 Å². The minimum atomic E-state index is 0.834. The topological polar surface area (TPSA) is 0 Å². The van der Waals surface area contributed by atoms with Crippen LogP contribution in [0.15, 0.2) is 11.9 Å². The fourth-order valence-corrected chi connectivity index (χ4v) is 2.14. The van der Waals surface area contributed by atoms with Gasteiger partial charge in [0.15, 0.2) is 0 Å². The maximum absolute atomic E-state index is 3.38. The molecule has 0 amide bonds. The molecule has 1 rings (SSSR count). The van der Waals surface area contributed by atoms with Gasteiger partial charge in [0, 0.05) is 5.80 Å². The molecule has 1 radical (unpaired) electrons. The minimum Gasteiger partial charge on any atom is -0.131 e. The Kier molecular flexibility index (Phi) is 5.19. The number of unbranched alkanes of at least 4 members (excludes halogenated alkanes) is 4. The first kappa shape index (κ1) is 9.86. The lowest BCUT2D eigenvalue weighted by molar-refractivity contribution is 0.632. The summed E-state index contributed by atoms with van der Waals surface area (Å²) in [5.41, 5.74) is 1.45. The predicted octanol–water partition coefficient (Wildman–Crippen LogP) is 4.03. The summed E-state index contributed by atoms with van der Waals surface area (Å²) < 4.78 is 0. The highest BCUT2D eigenvalue weighted by Gasteiger charge is 1.92. The van der Waals surface area contributed by atoms with Crippen LogP contribution in [0.5, 0.6) is 0 Å². The molecule has 0 saturated carbocycles. The molecule has 0 aliphatic carbocycles. The molecule has 12 heavy (non-hydrogen) atoms. The summed E-state index contributed by atoms with van der Waals surface area (Å²) in [5.74, 6) is 5.60. The Morgan fingerprint density at radius 1 is 1.25 bits per heavy atom. The van der Waals surface area contributed by atoms with Crippen molar-refractivity contribution in [3.63, 3.8) is 0 Å². The molecular formula is C11H18P. The number of hydrogen-bond acceptors (Lipinski definition) is 0. The van der Waals surface area contributed by atoms with Gasteiger partial charge in [-0.05, 0) is 24.2 Å². The van der Waals surface area contributed by atoms with Crippen molar-refractivity contribution in [2.75, 3.05) is 0 Å². The molecule has 0 saturated heterocycles. The molecule has 1 atom stereocenters. The van der Waals surface area contributed by atoms with Crippen LogP contribution in [-0.2, 0) is 6.42 Å². The zero-order valence-corrected chi connectivity index (χ0v) is 8.90. The first-order valence-corrected chi connectivity index (χ1v) is 6.05. The van der Waals surface area contributed by atoms with Gasteiger partial charge < -0.3 is 0 Å². The molecule has 0 aliphatic heterocycles. The van der Waals surface area contributed by atoms with Crippen molar-refractivity contribution >= 4 is 8.19 Å². The molecule has 0 N–H and O–H groups in total. The molecular weight excluding hydrogens is 163 g/mol. The third kappa shape index (κ3) is 3.97. The summed E-state index contributed by atoms with van der Waals surface area (Å²) >= 11 is 0. The van der Waals surface area contributed by atoms with Crippen LogP contribution < -0.4 is 0 Å². The molecule has 0 aromatic carbocycles. The fraction of sp³-hybridized carbons (Fsp3) is 0.636. The molecule has 1 heteroatoms. The Bertz CT molecular complexity index is 177. The largest absolute Gasteiger partial charge is 0.131 e. The summed E-state index contributed by atoms with van der Waals surface area (Å²) in [6.07, 6.45) is 8.17. The first-order chi connectivity index (χ1) is 5.93. The van der Waals surface area contributed by atoms with Gasteiger partial charge in [-0.1, -0.05) is 38.7 Å². The second-order valence-corrected chi connectivity index (χ2v) is 4.16. The lowest BCUT2D eigenvalue weighted by atomic mass is 10.1. The van der Waals surface area contributed by atoms with E-state index in [0.717, 1.165) is 8.19 Å².